The summed E-state index contributed by atoms with van der Waals surface area (Å²) in [7, 11) is 1.53. The summed E-state index contributed by atoms with van der Waals surface area (Å²) in [5.74, 6) is -0.190. The molecule has 0 saturated heterocycles. The standard InChI is InChI=1S/C21H15ClFN3O3/c1-11-19-15(20(27)24-17-8-7-14(28-2)9-16(17)22)10-18(25-21(19)29-26-11)12-3-5-13(23)6-4-12/h3-10H,1-2H3,(H,24,27). The third kappa shape index (κ3) is 3.64. The van der Waals surface area contributed by atoms with Crippen LogP contribution in [0.5, 0.6) is 5.75 Å². The first kappa shape index (κ1) is 18.9. The Hall–Kier alpha value is -3.45. The fraction of sp³-hybridized carbons (Fsp3) is 0.0952. The number of aryl methyl sites for hydroxylation is 1. The summed E-state index contributed by atoms with van der Waals surface area (Å²) in [4.78, 5) is 17.5. The average molecular weight is 412 g/mol. The van der Waals surface area contributed by atoms with E-state index in [1.165, 1.54) is 19.2 Å². The molecule has 0 spiro atoms. The van der Waals surface area contributed by atoms with E-state index in [1.54, 1.807) is 43.3 Å². The number of hydrogen-bond donors (Lipinski definition) is 1. The van der Waals surface area contributed by atoms with Gasteiger partial charge in [0.2, 0.25) is 0 Å². The van der Waals surface area contributed by atoms with Gasteiger partial charge in [0, 0.05) is 11.6 Å². The minimum absolute atomic E-state index is 0.218. The third-order valence-electron chi connectivity index (χ3n) is 4.43. The Balaban J connectivity index is 1.78. The van der Waals surface area contributed by atoms with Gasteiger partial charge < -0.3 is 14.6 Å². The lowest BCUT2D eigenvalue weighted by Crippen LogP contribution is -2.13. The number of amides is 1. The fourth-order valence-corrected chi connectivity index (χ4v) is 3.17. The molecule has 0 fully saturated rings. The lowest BCUT2D eigenvalue weighted by molar-refractivity contribution is 0.102. The minimum atomic E-state index is -0.404. The average Bonchev–Trinajstić information content (AvgIpc) is 3.10. The van der Waals surface area contributed by atoms with E-state index in [-0.39, 0.29) is 11.5 Å². The summed E-state index contributed by atoms with van der Waals surface area (Å²) in [6, 6.07) is 12.4. The Morgan fingerprint density at radius 2 is 1.93 bits per heavy atom. The molecule has 6 nitrogen and oxygen atoms in total. The molecule has 0 saturated carbocycles. The number of benzene rings is 2. The smallest absolute Gasteiger partial charge is 0.259 e. The maximum Gasteiger partial charge on any atom is 0.259 e. The second-order valence-corrected chi connectivity index (χ2v) is 6.72. The van der Waals surface area contributed by atoms with Gasteiger partial charge in [0.15, 0.2) is 0 Å². The van der Waals surface area contributed by atoms with Crippen LogP contribution < -0.4 is 10.1 Å². The molecule has 146 valence electrons. The van der Waals surface area contributed by atoms with Crippen LogP contribution in [0.3, 0.4) is 0 Å². The van der Waals surface area contributed by atoms with Gasteiger partial charge >= 0.3 is 0 Å². The van der Waals surface area contributed by atoms with Crippen molar-refractivity contribution < 1.29 is 18.4 Å². The van der Waals surface area contributed by atoms with Gasteiger partial charge in [0.1, 0.15) is 11.6 Å². The van der Waals surface area contributed by atoms with E-state index in [0.29, 0.717) is 44.4 Å². The minimum Gasteiger partial charge on any atom is -0.497 e. The molecule has 0 bridgehead atoms. The van der Waals surface area contributed by atoms with Crippen molar-refractivity contribution in [2.24, 2.45) is 0 Å². The van der Waals surface area contributed by atoms with Gasteiger partial charge in [-0.25, -0.2) is 9.37 Å². The molecule has 2 aromatic carbocycles. The third-order valence-corrected chi connectivity index (χ3v) is 4.74. The summed E-state index contributed by atoms with van der Waals surface area (Å²) in [6.07, 6.45) is 0. The number of rotatable bonds is 4. The Morgan fingerprint density at radius 1 is 1.17 bits per heavy atom. The van der Waals surface area contributed by atoms with Crippen LogP contribution in [-0.4, -0.2) is 23.2 Å². The molecule has 0 unspecified atom stereocenters. The van der Waals surface area contributed by atoms with E-state index >= 15 is 0 Å². The zero-order valence-electron chi connectivity index (χ0n) is 15.5. The maximum atomic E-state index is 13.3. The molecule has 2 heterocycles. The van der Waals surface area contributed by atoms with E-state index in [0.717, 1.165) is 0 Å². The highest BCUT2D eigenvalue weighted by Crippen LogP contribution is 2.30. The number of carbonyl (C=O) groups excluding carboxylic acids is 1. The van der Waals surface area contributed by atoms with Crippen LogP contribution in [0, 0.1) is 12.7 Å². The highest BCUT2D eigenvalue weighted by atomic mass is 35.5. The summed E-state index contributed by atoms with van der Waals surface area (Å²) < 4.78 is 23.7. The highest BCUT2D eigenvalue weighted by Gasteiger charge is 2.20. The molecule has 1 N–H and O–H groups in total. The summed E-state index contributed by atoms with van der Waals surface area (Å²) in [5, 5.41) is 7.54. The first-order valence-electron chi connectivity index (χ1n) is 8.64. The van der Waals surface area contributed by atoms with Crippen LogP contribution in [0.4, 0.5) is 10.1 Å². The van der Waals surface area contributed by atoms with E-state index in [4.69, 9.17) is 20.9 Å². The Bertz CT molecular complexity index is 1220. The summed E-state index contributed by atoms with van der Waals surface area (Å²) >= 11 is 6.24. The van der Waals surface area contributed by atoms with E-state index in [1.807, 2.05) is 0 Å². The van der Waals surface area contributed by atoms with Crippen LogP contribution >= 0.6 is 11.6 Å². The quantitative estimate of drug-likeness (QED) is 0.496. The van der Waals surface area contributed by atoms with Crippen molar-refractivity contribution >= 4 is 34.3 Å². The number of hydrogen-bond acceptors (Lipinski definition) is 5. The van der Waals surface area contributed by atoms with Crippen LogP contribution in [-0.2, 0) is 0 Å². The van der Waals surface area contributed by atoms with Crippen LogP contribution in [0.2, 0.25) is 5.02 Å². The molecule has 0 aliphatic rings. The second-order valence-electron chi connectivity index (χ2n) is 6.31. The molecule has 0 atom stereocenters. The van der Waals surface area contributed by atoms with Crippen molar-refractivity contribution in [3.8, 4) is 17.0 Å². The Kier molecular flexibility index (Phi) is 4.90. The zero-order chi connectivity index (χ0) is 20.5. The highest BCUT2D eigenvalue weighted by molar-refractivity contribution is 6.34. The van der Waals surface area contributed by atoms with E-state index in [9.17, 15) is 9.18 Å². The number of pyridine rings is 1. The van der Waals surface area contributed by atoms with Gasteiger partial charge in [0.05, 0.1) is 40.2 Å². The van der Waals surface area contributed by atoms with Gasteiger partial charge in [-0.2, -0.15) is 0 Å². The SMILES string of the molecule is COc1ccc(NC(=O)c2cc(-c3ccc(F)cc3)nc3onc(C)c23)c(Cl)c1. The van der Waals surface area contributed by atoms with Crippen molar-refractivity contribution in [1.29, 1.82) is 0 Å². The largest absolute Gasteiger partial charge is 0.497 e. The van der Waals surface area contributed by atoms with Crippen molar-refractivity contribution in [3.05, 3.63) is 70.6 Å². The van der Waals surface area contributed by atoms with E-state index in [2.05, 4.69) is 15.5 Å². The summed E-state index contributed by atoms with van der Waals surface area (Å²) in [5.41, 5.74) is 2.60. The zero-order valence-corrected chi connectivity index (χ0v) is 16.2. The number of methoxy groups -OCH3 is 1. The summed E-state index contributed by atoms with van der Waals surface area (Å²) in [6.45, 7) is 1.72. The van der Waals surface area contributed by atoms with Gasteiger partial charge in [-0.3, -0.25) is 4.79 Å². The van der Waals surface area contributed by atoms with Crippen molar-refractivity contribution in [2.75, 3.05) is 12.4 Å². The van der Waals surface area contributed by atoms with Gasteiger partial charge in [0.25, 0.3) is 11.6 Å². The van der Waals surface area contributed by atoms with Gasteiger partial charge in [-0.05, 0) is 49.4 Å². The topological polar surface area (TPSA) is 77.2 Å². The lowest BCUT2D eigenvalue weighted by atomic mass is 10.0. The van der Waals surface area contributed by atoms with Crippen molar-refractivity contribution in [2.45, 2.75) is 6.92 Å². The molecule has 0 aliphatic heterocycles. The number of aromatic nitrogens is 2. The number of halogens is 2. The maximum absolute atomic E-state index is 13.3. The first-order chi connectivity index (χ1) is 14.0. The molecule has 8 heteroatoms. The number of carbonyl (C=O) groups is 1. The van der Waals surface area contributed by atoms with Crippen LogP contribution in [0.1, 0.15) is 16.1 Å². The molecule has 0 aliphatic carbocycles. The molecule has 0 radical (unpaired) electrons. The van der Waals surface area contributed by atoms with Gasteiger partial charge in [-0.15, -0.1) is 0 Å². The Labute approximate surface area is 170 Å². The molecule has 29 heavy (non-hydrogen) atoms. The number of fused-ring (bicyclic) bond motifs is 1. The first-order valence-corrected chi connectivity index (χ1v) is 9.02. The van der Waals surface area contributed by atoms with E-state index < -0.39 is 5.91 Å². The number of ether oxygens (including phenoxy) is 1. The number of anilines is 1. The van der Waals surface area contributed by atoms with Crippen molar-refractivity contribution in [3.63, 3.8) is 0 Å². The van der Waals surface area contributed by atoms with Crippen molar-refractivity contribution in [1.82, 2.24) is 10.1 Å². The number of nitrogens with one attached hydrogen (secondary N) is 1. The molecular weight excluding hydrogens is 397 g/mol. The van der Waals surface area contributed by atoms with Crippen LogP contribution in [0.15, 0.2) is 53.1 Å². The molecule has 4 rings (SSSR count). The normalized spacial score (nSPS) is 10.9. The van der Waals surface area contributed by atoms with Gasteiger partial charge in [-0.1, -0.05) is 16.8 Å². The Morgan fingerprint density at radius 3 is 2.62 bits per heavy atom. The molecular formula is C21H15ClFN3O3. The predicted molar refractivity (Wildman–Crippen MR) is 108 cm³/mol. The number of nitrogens with zero attached hydrogens (tertiary/aromatic N) is 2. The second kappa shape index (κ2) is 7.52. The molecule has 4 aromatic rings. The fourth-order valence-electron chi connectivity index (χ4n) is 2.96. The van der Waals surface area contributed by atoms with Crippen LogP contribution in [0.25, 0.3) is 22.4 Å². The molecule has 2 aromatic heterocycles. The molecule has 1 amide bonds. The predicted octanol–water partition coefficient (Wildman–Crippen LogP) is 5.25. The lowest BCUT2D eigenvalue weighted by Gasteiger charge is -2.10. The monoisotopic (exact) mass is 411 g/mol.